The highest BCUT2D eigenvalue weighted by atomic mass is 16.5. The molecule has 0 bridgehead atoms. The maximum absolute atomic E-state index is 11.7. The number of nitrogens with one attached hydrogen (secondary N) is 1. The van der Waals surface area contributed by atoms with Gasteiger partial charge in [0.2, 0.25) is 0 Å². The maximum Gasteiger partial charge on any atom is 0.257 e. The van der Waals surface area contributed by atoms with Gasteiger partial charge < -0.3 is 15.8 Å². The van der Waals surface area contributed by atoms with Gasteiger partial charge in [0.1, 0.15) is 5.75 Å². The van der Waals surface area contributed by atoms with Crippen LogP contribution < -0.4 is 15.8 Å². The second kappa shape index (κ2) is 7.90. The van der Waals surface area contributed by atoms with Crippen LogP contribution in [-0.2, 0) is 11.3 Å². The maximum atomic E-state index is 11.7. The number of carbonyl (C=O) groups is 1. The molecular formula is C16H24N2O2. The Kier molecular flexibility index (Phi) is 5.87. The van der Waals surface area contributed by atoms with Crippen molar-refractivity contribution in [1.82, 2.24) is 5.32 Å². The average molecular weight is 276 g/mol. The fraction of sp³-hybridized carbons (Fsp3) is 0.562. The van der Waals surface area contributed by atoms with E-state index in [1.54, 1.807) is 0 Å². The summed E-state index contributed by atoms with van der Waals surface area (Å²) in [6, 6.07) is 7.50. The van der Waals surface area contributed by atoms with Crippen molar-refractivity contribution < 1.29 is 9.53 Å². The molecule has 1 aliphatic rings. The smallest absolute Gasteiger partial charge is 0.257 e. The summed E-state index contributed by atoms with van der Waals surface area (Å²) in [6.07, 6.45) is 6.43. The summed E-state index contributed by atoms with van der Waals surface area (Å²) in [6.45, 7) is 1.35. The van der Waals surface area contributed by atoms with Gasteiger partial charge in [0.15, 0.2) is 6.61 Å². The molecule has 0 saturated heterocycles. The van der Waals surface area contributed by atoms with Gasteiger partial charge in [0.25, 0.3) is 5.91 Å². The van der Waals surface area contributed by atoms with Gasteiger partial charge in [-0.25, -0.2) is 0 Å². The van der Waals surface area contributed by atoms with Gasteiger partial charge in [-0.3, -0.25) is 4.79 Å². The zero-order valence-electron chi connectivity index (χ0n) is 11.9. The van der Waals surface area contributed by atoms with Crippen molar-refractivity contribution in [1.29, 1.82) is 0 Å². The van der Waals surface area contributed by atoms with E-state index in [-0.39, 0.29) is 12.5 Å². The molecule has 1 fully saturated rings. The topological polar surface area (TPSA) is 64.3 Å². The molecule has 1 aromatic rings. The van der Waals surface area contributed by atoms with Crippen LogP contribution in [0.5, 0.6) is 5.75 Å². The highest BCUT2D eigenvalue weighted by Crippen LogP contribution is 2.26. The molecule has 110 valence electrons. The predicted octanol–water partition coefficient (Wildman–Crippen LogP) is 2.22. The monoisotopic (exact) mass is 276 g/mol. The van der Waals surface area contributed by atoms with E-state index in [4.69, 9.17) is 10.5 Å². The molecule has 0 spiro atoms. The lowest BCUT2D eigenvalue weighted by atomic mass is 10.0. The second-order valence-electron chi connectivity index (χ2n) is 5.43. The molecule has 4 heteroatoms. The Morgan fingerprint density at radius 3 is 2.60 bits per heavy atom. The standard InChI is InChI=1S/C16H24N2O2/c17-11-14-5-7-15(8-6-14)20-12-16(19)18-10-9-13-3-1-2-4-13/h5-8,13H,1-4,9-12,17H2,(H,18,19). The molecule has 0 unspecified atom stereocenters. The van der Waals surface area contributed by atoms with E-state index in [1.165, 1.54) is 25.7 Å². The minimum absolute atomic E-state index is 0.0501. The third-order valence-electron chi connectivity index (χ3n) is 3.88. The summed E-state index contributed by atoms with van der Waals surface area (Å²) in [7, 11) is 0. The van der Waals surface area contributed by atoms with Gasteiger partial charge in [0.05, 0.1) is 0 Å². The van der Waals surface area contributed by atoms with E-state index >= 15 is 0 Å². The largest absolute Gasteiger partial charge is 0.484 e. The van der Waals surface area contributed by atoms with Crippen LogP contribution in [0.2, 0.25) is 0 Å². The van der Waals surface area contributed by atoms with Crippen LogP contribution in [0.25, 0.3) is 0 Å². The molecule has 0 atom stereocenters. The van der Waals surface area contributed by atoms with Gasteiger partial charge in [-0.05, 0) is 30.0 Å². The van der Waals surface area contributed by atoms with Crippen LogP contribution in [0.4, 0.5) is 0 Å². The van der Waals surface area contributed by atoms with Crippen LogP contribution in [0.3, 0.4) is 0 Å². The van der Waals surface area contributed by atoms with Gasteiger partial charge in [0, 0.05) is 13.1 Å². The Bertz CT molecular complexity index is 411. The van der Waals surface area contributed by atoms with Gasteiger partial charge in [-0.1, -0.05) is 37.8 Å². The van der Waals surface area contributed by atoms with E-state index < -0.39 is 0 Å². The Morgan fingerprint density at radius 2 is 1.95 bits per heavy atom. The summed E-state index contributed by atoms with van der Waals surface area (Å²) in [4.78, 5) is 11.7. The zero-order chi connectivity index (χ0) is 14.2. The summed E-state index contributed by atoms with van der Waals surface area (Å²) in [5.74, 6) is 1.46. The van der Waals surface area contributed by atoms with Crippen LogP contribution in [0, 0.1) is 5.92 Å². The molecule has 0 radical (unpaired) electrons. The van der Waals surface area contributed by atoms with E-state index in [0.717, 1.165) is 24.4 Å². The first-order valence-corrected chi connectivity index (χ1v) is 7.46. The van der Waals surface area contributed by atoms with Crippen molar-refractivity contribution in [2.75, 3.05) is 13.2 Å². The highest BCUT2D eigenvalue weighted by molar-refractivity contribution is 5.77. The lowest BCUT2D eigenvalue weighted by molar-refractivity contribution is -0.123. The van der Waals surface area contributed by atoms with Gasteiger partial charge in [-0.15, -0.1) is 0 Å². The number of benzene rings is 1. The number of hydrogen-bond acceptors (Lipinski definition) is 3. The summed E-state index contributed by atoms with van der Waals surface area (Å²) in [5, 5.41) is 2.92. The van der Waals surface area contributed by atoms with Crippen molar-refractivity contribution in [3.05, 3.63) is 29.8 Å². The van der Waals surface area contributed by atoms with Crippen molar-refractivity contribution in [2.45, 2.75) is 38.6 Å². The summed E-state index contributed by atoms with van der Waals surface area (Å²) in [5.41, 5.74) is 6.58. The Balaban J connectivity index is 1.61. The van der Waals surface area contributed by atoms with E-state index in [2.05, 4.69) is 5.32 Å². The number of rotatable bonds is 7. The van der Waals surface area contributed by atoms with Crippen LogP contribution in [0.1, 0.15) is 37.7 Å². The lowest BCUT2D eigenvalue weighted by Gasteiger charge is -2.10. The number of carbonyl (C=O) groups excluding carboxylic acids is 1. The molecule has 1 aliphatic carbocycles. The average Bonchev–Trinajstić information content (AvgIpc) is 2.99. The van der Waals surface area contributed by atoms with Gasteiger partial charge >= 0.3 is 0 Å². The molecule has 1 amide bonds. The second-order valence-corrected chi connectivity index (χ2v) is 5.43. The summed E-state index contributed by atoms with van der Waals surface area (Å²) >= 11 is 0. The molecule has 0 aliphatic heterocycles. The normalized spacial score (nSPS) is 15.2. The minimum Gasteiger partial charge on any atom is -0.484 e. The van der Waals surface area contributed by atoms with Gasteiger partial charge in [-0.2, -0.15) is 0 Å². The molecular weight excluding hydrogens is 252 g/mol. The third kappa shape index (κ3) is 4.85. The van der Waals surface area contributed by atoms with Crippen molar-refractivity contribution in [3.63, 3.8) is 0 Å². The van der Waals surface area contributed by atoms with Crippen LogP contribution in [-0.4, -0.2) is 19.1 Å². The SMILES string of the molecule is NCc1ccc(OCC(=O)NCCC2CCCC2)cc1. The Labute approximate surface area is 120 Å². The molecule has 1 saturated carbocycles. The van der Waals surface area contributed by atoms with E-state index in [9.17, 15) is 4.79 Å². The van der Waals surface area contributed by atoms with Crippen molar-refractivity contribution in [2.24, 2.45) is 11.7 Å². The first kappa shape index (κ1) is 14.9. The fourth-order valence-corrected chi connectivity index (χ4v) is 2.64. The molecule has 2 rings (SSSR count). The molecule has 0 aromatic heterocycles. The first-order chi connectivity index (χ1) is 9.78. The molecule has 4 nitrogen and oxygen atoms in total. The Morgan fingerprint density at radius 1 is 1.25 bits per heavy atom. The predicted molar refractivity (Wildman–Crippen MR) is 79.4 cm³/mol. The van der Waals surface area contributed by atoms with Crippen molar-refractivity contribution in [3.8, 4) is 5.75 Å². The number of nitrogens with two attached hydrogens (primary N) is 1. The number of hydrogen-bond donors (Lipinski definition) is 2. The van der Waals surface area contributed by atoms with E-state index in [1.807, 2.05) is 24.3 Å². The van der Waals surface area contributed by atoms with E-state index in [0.29, 0.717) is 12.3 Å². The highest BCUT2D eigenvalue weighted by Gasteiger charge is 2.14. The third-order valence-corrected chi connectivity index (χ3v) is 3.88. The van der Waals surface area contributed by atoms with Crippen LogP contribution in [0.15, 0.2) is 24.3 Å². The fourth-order valence-electron chi connectivity index (χ4n) is 2.64. The molecule has 3 N–H and O–H groups in total. The molecule has 0 heterocycles. The lowest BCUT2D eigenvalue weighted by Crippen LogP contribution is -2.30. The van der Waals surface area contributed by atoms with Crippen LogP contribution >= 0.6 is 0 Å². The first-order valence-electron chi connectivity index (χ1n) is 7.46. The van der Waals surface area contributed by atoms with Crippen molar-refractivity contribution >= 4 is 5.91 Å². The quantitative estimate of drug-likeness (QED) is 0.802. The Hall–Kier alpha value is -1.55. The number of amides is 1. The molecule has 1 aromatic carbocycles. The minimum atomic E-state index is -0.0501. The number of ether oxygens (including phenoxy) is 1. The molecule has 20 heavy (non-hydrogen) atoms. The zero-order valence-corrected chi connectivity index (χ0v) is 11.9. The summed E-state index contributed by atoms with van der Waals surface area (Å²) < 4.78 is 5.44.